The number of halogens is 3. The molecule has 0 bridgehead atoms. The number of aromatic nitrogens is 3. The standard InChI is InChI=1S/C21H21Cl3N6/c22-19-8-25-4-1-16(19)7-15-11-29(13-17-2-5-26-9-20(17)23)28-30(12-15)14-18-3-6-27-10-21(18)24/h1-6,8-10,15,28H,7,11-14H2. The van der Waals surface area contributed by atoms with Crippen molar-refractivity contribution in [2.45, 2.75) is 19.5 Å². The van der Waals surface area contributed by atoms with Gasteiger partial charge >= 0.3 is 0 Å². The van der Waals surface area contributed by atoms with E-state index in [0.29, 0.717) is 34.1 Å². The zero-order valence-corrected chi connectivity index (χ0v) is 18.4. The summed E-state index contributed by atoms with van der Waals surface area (Å²) in [4.78, 5) is 12.2. The maximum absolute atomic E-state index is 6.36. The average Bonchev–Trinajstić information content (AvgIpc) is 2.73. The molecule has 156 valence electrons. The Morgan fingerprint density at radius 1 is 0.733 bits per heavy atom. The molecule has 0 unspecified atom stereocenters. The number of nitrogens with zero attached hydrogens (tertiary/aromatic N) is 5. The van der Waals surface area contributed by atoms with E-state index in [1.165, 1.54) is 0 Å². The first-order valence-electron chi connectivity index (χ1n) is 9.60. The number of pyridine rings is 3. The lowest BCUT2D eigenvalue weighted by atomic mass is 9.98. The molecule has 30 heavy (non-hydrogen) atoms. The van der Waals surface area contributed by atoms with Gasteiger partial charge in [0, 0.05) is 63.4 Å². The Hall–Kier alpha value is -1.80. The van der Waals surface area contributed by atoms with Gasteiger partial charge in [-0.3, -0.25) is 15.0 Å². The number of hydrazine groups is 2. The van der Waals surface area contributed by atoms with Crippen LogP contribution in [-0.2, 0) is 19.5 Å². The van der Waals surface area contributed by atoms with Gasteiger partial charge in [-0.15, -0.1) is 0 Å². The smallest absolute Gasteiger partial charge is 0.0634 e. The van der Waals surface area contributed by atoms with Crippen LogP contribution in [0.15, 0.2) is 55.4 Å². The molecule has 0 aliphatic carbocycles. The van der Waals surface area contributed by atoms with Gasteiger partial charge in [-0.05, 0) is 47.2 Å². The first kappa shape index (κ1) is 21.4. The fraction of sp³-hybridized carbons (Fsp3) is 0.286. The molecule has 4 rings (SSSR count). The minimum Gasteiger partial charge on any atom is -0.263 e. The summed E-state index contributed by atoms with van der Waals surface area (Å²) in [5.74, 6) is 0.354. The molecule has 0 saturated carbocycles. The topological polar surface area (TPSA) is 57.2 Å². The summed E-state index contributed by atoms with van der Waals surface area (Å²) in [6.45, 7) is 3.00. The van der Waals surface area contributed by atoms with E-state index in [9.17, 15) is 0 Å². The monoisotopic (exact) mass is 462 g/mol. The van der Waals surface area contributed by atoms with Crippen LogP contribution < -0.4 is 5.53 Å². The number of nitrogens with one attached hydrogen (secondary N) is 1. The van der Waals surface area contributed by atoms with Crippen LogP contribution in [0.5, 0.6) is 0 Å². The van der Waals surface area contributed by atoms with Crippen LogP contribution in [0.1, 0.15) is 16.7 Å². The van der Waals surface area contributed by atoms with Gasteiger partial charge in [-0.1, -0.05) is 34.8 Å². The highest BCUT2D eigenvalue weighted by atomic mass is 35.5. The molecular weight excluding hydrogens is 443 g/mol. The maximum Gasteiger partial charge on any atom is 0.0634 e. The Morgan fingerprint density at radius 3 is 1.60 bits per heavy atom. The van der Waals surface area contributed by atoms with Crippen LogP contribution in [0.4, 0.5) is 0 Å². The van der Waals surface area contributed by atoms with Crippen molar-refractivity contribution in [3.8, 4) is 0 Å². The summed E-state index contributed by atoms with van der Waals surface area (Å²) in [6, 6.07) is 5.87. The second-order valence-electron chi connectivity index (χ2n) is 7.33. The lowest BCUT2D eigenvalue weighted by molar-refractivity contribution is -0.0540. The minimum atomic E-state index is 0.354. The summed E-state index contributed by atoms with van der Waals surface area (Å²) in [6.07, 6.45) is 11.2. The molecule has 4 heterocycles. The Balaban J connectivity index is 1.53. The van der Waals surface area contributed by atoms with Gasteiger partial charge in [0.05, 0.1) is 15.1 Å². The molecule has 1 aliphatic rings. The highest BCUT2D eigenvalue weighted by Gasteiger charge is 2.27. The van der Waals surface area contributed by atoms with Gasteiger partial charge in [0.25, 0.3) is 0 Å². The van der Waals surface area contributed by atoms with Crippen molar-refractivity contribution >= 4 is 34.8 Å². The van der Waals surface area contributed by atoms with Gasteiger partial charge in [0.15, 0.2) is 0 Å². The van der Waals surface area contributed by atoms with Gasteiger partial charge in [0.2, 0.25) is 0 Å². The zero-order valence-electron chi connectivity index (χ0n) is 16.2. The number of hydrogen-bond donors (Lipinski definition) is 1. The average molecular weight is 464 g/mol. The number of rotatable bonds is 6. The van der Waals surface area contributed by atoms with Gasteiger partial charge in [0.1, 0.15) is 0 Å². The molecular formula is C21H21Cl3N6. The maximum atomic E-state index is 6.36. The van der Waals surface area contributed by atoms with Crippen molar-refractivity contribution in [2.75, 3.05) is 13.1 Å². The van der Waals surface area contributed by atoms with Crippen LogP contribution in [0, 0.1) is 5.92 Å². The third-order valence-electron chi connectivity index (χ3n) is 5.04. The minimum absolute atomic E-state index is 0.354. The van der Waals surface area contributed by atoms with E-state index < -0.39 is 0 Å². The molecule has 0 radical (unpaired) electrons. The van der Waals surface area contributed by atoms with E-state index in [4.69, 9.17) is 34.8 Å². The van der Waals surface area contributed by atoms with E-state index in [-0.39, 0.29) is 0 Å². The third-order valence-corrected chi connectivity index (χ3v) is 6.06. The second kappa shape index (κ2) is 10.0. The quantitative estimate of drug-likeness (QED) is 0.584. The normalized spacial score (nSPS) is 16.1. The number of hydrogen-bond acceptors (Lipinski definition) is 6. The van der Waals surface area contributed by atoms with Gasteiger partial charge in [-0.25, -0.2) is 10.0 Å². The lowest BCUT2D eigenvalue weighted by Crippen LogP contribution is -2.58. The summed E-state index contributed by atoms with van der Waals surface area (Å²) in [7, 11) is 0. The molecule has 3 aromatic rings. The summed E-state index contributed by atoms with van der Waals surface area (Å²) in [5, 5.41) is 6.34. The van der Waals surface area contributed by atoms with E-state index in [0.717, 1.165) is 36.2 Å². The highest BCUT2D eigenvalue weighted by molar-refractivity contribution is 6.31. The van der Waals surface area contributed by atoms with Crippen LogP contribution in [0.2, 0.25) is 15.1 Å². The Kier molecular flexibility index (Phi) is 7.15. The van der Waals surface area contributed by atoms with Crippen molar-refractivity contribution in [3.05, 3.63) is 87.1 Å². The molecule has 6 nitrogen and oxygen atoms in total. The van der Waals surface area contributed by atoms with Crippen molar-refractivity contribution in [2.24, 2.45) is 5.92 Å². The fourth-order valence-electron chi connectivity index (χ4n) is 3.65. The van der Waals surface area contributed by atoms with E-state index in [1.807, 2.05) is 18.2 Å². The molecule has 0 spiro atoms. The predicted molar refractivity (Wildman–Crippen MR) is 119 cm³/mol. The Morgan fingerprint density at radius 2 is 1.17 bits per heavy atom. The SMILES string of the molecule is Clc1cnccc1CC1CN(Cc2ccncc2Cl)NN(Cc2ccncc2Cl)C1. The predicted octanol–water partition coefficient (Wildman–Crippen LogP) is 4.43. The second-order valence-corrected chi connectivity index (χ2v) is 8.55. The largest absolute Gasteiger partial charge is 0.263 e. The summed E-state index contributed by atoms with van der Waals surface area (Å²) < 4.78 is 0. The van der Waals surface area contributed by atoms with Crippen molar-refractivity contribution in [3.63, 3.8) is 0 Å². The Labute approximate surface area is 190 Å². The molecule has 0 amide bonds. The summed E-state index contributed by atoms with van der Waals surface area (Å²) >= 11 is 19.0. The van der Waals surface area contributed by atoms with Crippen molar-refractivity contribution < 1.29 is 0 Å². The molecule has 1 aliphatic heterocycles. The van der Waals surface area contributed by atoms with Gasteiger partial charge < -0.3 is 0 Å². The zero-order chi connectivity index (χ0) is 20.9. The van der Waals surface area contributed by atoms with Crippen LogP contribution in [0.3, 0.4) is 0 Å². The van der Waals surface area contributed by atoms with E-state index >= 15 is 0 Å². The van der Waals surface area contributed by atoms with Crippen molar-refractivity contribution in [1.29, 1.82) is 0 Å². The van der Waals surface area contributed by atoms with E-state index in [1.54, 1.807) is 37.2 Å². The van der Waals surface area contributed by atoms with Crippen LogP contribution in [0.25, 0.3) is 0 Å². The molecule has 0 aromatic carbocycles. The first-order chi connectivity index (χ1) is 14.6. The van der Waals surface area contributed by atoms with Gasteiger partial charge in [-0.2, -0.15) is 5.53 Å². The molecule has 1 N–H and O–H groups in total. The van der Waals surface area contributed by atoms with E-state index in [2.05, 4.69) is 30.5 Å². The molecule has 0 atom stereocenters. The summed E-state index contributed by atoms with van der Waals surface area (Å²) in [5.41, 5.74) is 6.63. The first-order valence-corrected chi connectivity index (χ1v) is 10.7. The highest BCUT2D eigenvalue weighted by Crippen LogP contribution is 2.24. The molecule has 9 heteroatoms. The Bertz CT molecular complexity index is 869. The fourth-order valence-corrected chi connectivity index (χ4v) is 4.20. The molecule has 1 saturated heterocycles. The molecule has 1 fully saturated rings. The van der Waals surface area contributed by atoms with Crippen LogP contribution >= 0.6 is 34.8 Å². The lowest BCUT2D eigenvalue weighted by Gasteiger charge is -2.41. The van der Waals surface area contributed by atoms with Crippen molar-refractivity contribution in [1.82, 2.24) is 30.5 Å². The molecule has 3 aromatic heterocycles. The van der Waals surface area contributed by atoms with Crippen LogP contribution in [-0.4, -0.2) is 38.1 Å². The third kappa shape index (κ3) is 5.46.